The molecule has 1 saturated carbocycles. The molecule has 2 heterocycles. The summed E-state index contributed by atoms with van der Waals surface area (Å²) in [6.45, 7) is 1.47. The summed E-state index contributed by atoms with van der Waals surface area (Å²) < 4.78 is 49.3. The Morgan fingerprint density at radius 1 is 1.15 bits per heavy atom. The largest absolute Gasteiger partial charge is 0.385 e. The van der Waals surface area contributed by atoms with Crippen molar-refractivity contribution in [2.45, 2.75) is 49.8 Å². The molecule has 10 heteroatoms. The van der Waals surface area contributed by atoms with Crippen molar-refractivity contribution >= 4 is 5.91 Å². The van der Waals surface area contributed by atoms with Crippen molar-refractivity contribution in [3.05, 3.63) is 77.5 Å². The highest BCUT2D eigenvalue weighted by atomic mass is 19.1. The molecule has 0 radical (unpaired) electrons. The maximum Gasteiger partial charge on any atom is 0.275 e. The second kappa shape index (κ2) is 11.5. The van der Waals surface area contributed by atoms with Crippen LogP contribution in [0.15, 0.2) is 48.8 Å². The Balaban J connectivity index is 1.54. The van der Waals surface area contributed by atoms with Gasteiger partial charge >= 0.3 is 0 Å². The zero-order valence-electron chi connectivity index (χ0n) is 21.9. The number of ether oxygens (including phenoxy) is 1. The third-order valence-corrected chi connectivity index (χ3v) is 7.79. The third-order valence-electron chi connectivity index (χ3n) is 7.79. The maximum absolute atomic E-state index is 14.4. The molecule has 3 atom stereocenters. The van der Waals surface area contributed by atoms with E-state index in [1.807, 2.05) is 0 Å². The van der Waals surface area contributed by atoms with Gasteiger partial charge in [-0.1, -0.05) is 25.0 Å². The number of amides is 1. The van der Waals surface area contributed by atoms with E-state index in [0.29, 0.717) is 49.3 Å². The van der Waals surface area contributed by atoms with Gasteiger partial charge in [-0.15, -0.1) is 0 Å². The second-order valence-corrected chi connectivity index (χ2v) is 10.5. The van der Waals surface area contributed by atoms with Gasteiger partial charge < -0.3 is 24.6 Å². The molecule has 2 aromatic carbocycles. The van der Waals surface area contributed by atoms with Gasteiger partial charge in [0.1, 0.15) is 23.1 Å². The highest BCUT2D eigenvalue weighted by Crippen LogP contribution is 2.41. The summed E-state index contributed by atoms with van der Waals surface area (Å²) in [4.78, 5) is 20.3. The highest BCUT2D eigenvalue weighted by Gasteiger charge is 2.42. The molecule has 1 aliphatic carbocycles. The van der Waals surface area contributed by atoms with Crippen LogP contribution in [0.4, 0.5) is 13.2 Å². The molecule has 2 N–H and O–H groups in total. The number of halogens is 3. The zero-order chi connectivity index (χ0) is 27.6. The van der Waals surface area contributed by atoms with Crippen LogP contribution >= 0.6 is 0 Å². The molecule has 2 fully saturated rings. The van der Waals surface area contributed by atoms with E-state index in [-0.39, 0.29) is 30.7 Å². The smallest absolute Gasteiger partial charge is 0.275 e. The molecule has 1 aliphatic heterocycles. The Kier molecular flexibility index (Phi) is 8.06. The summed E-state index contributed by atoms with van der Waals surface area (Å²) in [7, 11) is 1.54. The molecule has 1 saturated heterocycles. The Hall–Kier alpha value is -3.21. The molecule has 3 aromatic rings. The van der Waals surface area contributed by atoms with Crippen LogP contribution in [0.5, 0.6) is 0 Å². The number of piperazine rings is 1. The Morgan fingerprint density at radius 3 is 2.69 bits per heavy atom. The summed E-state index contributed by atoms with van der Waals surface area (Å²) >= 11 is 0. The van der Waals surface area contributed by atoms with Crippen LogP contribution in [0.25, 0.3) is 11.3 Å². The monoisotopic (exact) mass is 542 g/mol. The molecular weight excluding hydrogens is 509 g/mol. The van der Waals surface area contributed by atoms with Gasteiger partial charge in [-0.05, 0) is 49.1 Å². The fourth-order valence-electron chi connectivity index (χ4n) is 6.04. The number of nitrogens with zero attached hydrogens (tertiary/aromatic N) is 3. The van der Waals surface area contributed by atoms with E-state index >= 15 is 0 Å². The fourth-order valence-corrected chi connectivity index (χ4v) is 6.04. The van der Waals surface area contributed by atoms with Gasteiger partial charge in [0.2, 0.25) is 0 Å². The van der Waals surface area contributed by atoms with Crippen LogP contribution in [-0.2, 0) is 11.2 Å². The van der Waals surface area contributed by atoms with Crippen molar-refractivity contribution in [1.29, 1.82) is 0 Å². The summed E-state index contributed by atoms with van der Waals surface area (Å²) in [5.41, 5.74) is 0.315. The molecule has 0 spiro atoms. The lowest BCUT2D eigenvalue weighted by atomic mass is 9.80. The van der Waals surface area contributed by atoms with E-state index in [2.05, 4.69) is 10.3 Å². The summed E-state index contributed by atoms with van der Waals surface area (Å²) in [6.07, 6.45) is 4.69. The topological polar surface area (TPSA) is 79.6 Å². The normalized spacial score (nSPS) is 23.7. The Bertz CT molecular complexity index is 1310. The molecule has 1 amide bonds. The first-order valence-electron chi connectivity index (χ1n) is 13.3. The number of methoxy groups -OCH3 is 1. The van der Waals surface area contributed by atoms with Gasteiger partial charge in [0.05, 0.1) is 24.7 Å². The van der Waals surface area contributed by atoms with Crippen molar-refractivity contribution < 1.29 is 27.8 Å². The molecular formula is C29H33F3N4O3. The van der Waals surface area contributed by atoms with Gasteiger partial charge in [0.15, 0.2) is 5.69 Å². The number of hydrogen-bond acceptors (Lipinski definition) is 5. The minimum absolute atomic E-state index is 0.117. The Labute approximate surface area is 225 Å². The van der Waals surface area contributed by atoms with Gasteiger partial charge in [0.25, 0.3) is 5.91 Å². The quantitative estimate of drug-likeness (QED) is 0.470. The van der Waals surface area contributed by atoms with Gasteiger partial charge in [-0.3, -0.25) is 4.79 Å². The number of nitrogens with one attached hydrogen (secondary N) is 1. The Morgan fingerprint density at radius 2 is 1.95 bits per heavy atom. The predicted molar refractivity (Wildman–Crippen MR) is 140 cm³/mol. The first-order chi connectivity index (χ1) is 18.8. The summed E-state index contributed by atoms with van der Waals surface area (Å²) in [5.74, 6) is -2.16. The number of aliphatic hydroxyl groups is 1. The molecule has 5 rings (SSSR count). The van der Waals surface area contributed by atoms with Gasteiger partial charge in [-0.25, -0.2) is 18.2 Å². The minimum Gasteiger partial charge on any atom is -0.385 e. The molecule has 2 aliphatic rings. The zero-order valence-corrected chi connectivity index (χ0v) is 21.9. The van der Waals surface area contributed by atoms with E-state index in [0.717, 1.165) is 18.9 Å². The first-order valence-corrected chi connectivity index (χ1v) is 13.3. The number of imidazole rings is 1. The van der Waals surface area contributed by atoms with Crippen molar-refractivity contribution in [2.75, 3.05) is 33.4 Å². The lowest BCUT2D eigenvalue weighted by Gasteiger charge is -2.41. The van der Waals surface area contributed by atoms with Crippen LogP contribution in [0.2, 0.25) is 0 Å². The van der Waals surface area contributed by atoms with Gasteiger partial charge in [-0.2, -0.15) is 0 Å². The average molecular weight is 543 g/mol. The number of rotatable bonds is 7. The minimum atomic E-state index is -1.17. The van der Waals surface area contributed by atoms with Crippen molar-refractivity contribution in [3.8, 4) is 11.3 Å². The van der Waals surface area contributed by atoms with Crippen LogP contribution < -0.4 is 5.32 Å². The van der Waals surface area contributed by atoms with Gasteiger partial charge in [0, 0.05) is 44.4 Å². The molecule has 1 aromatic heterocycles. The number of benzene rings is 2. The predicted octanol–water partition coefficient (Wildman–Crippen LogP) is 4.12. The van der Waals surface area contributed by atoms with Crippen LogP contribution in [0, 0.1) is 17.5 Å². The van der Waals surface area contributed by atoms with E-state index in [1.54, 1.807) is 27.9 Å². The number of aromatic nitrogens is 2. The highest BCUT2D eigenvalue weighted by molar-refractivity contribution is 5.98. The third kappa shape index (κ3) is 5.73. The lowest BCUT2D eigenvalue weighted by molar-refractivity contribution is -0.0893. The van der Waals surface area contributed by atoms with Crippen LogP contribution in [0.3, 0.4) is 0 Å². The van der Waals surface area contributed by atoms with Crippen LogP contribution in [0.1, 0.15) is 47.8 Å². The van der Waals surface area contributed by atoms with Crippen molar-refractivity contribution in [3.63, 3.8) is 0 Å². The maximum atomic E-state index is 14.4. The lowest BCUT2D eigenvalue weighted by Crippen LogP contribution is -2.54. The number of carbonyl (C=O) groups is 1. The van der Waals surface area contributed by atoms with E-state index < -0.39 is 29.1 Å². The molecule has 7 nitrogen and oxygen atoms in total. The second-order valence-electron chi connectivity index (χ2n) is 10.5. The number of hydrogen-bond donors (Lipinski definition) is 2. The molecule has 0 unspecified atom stereocenters. The fraction of sp³-hybridized carbons (Fsp3) is 0.448. The van der Waals surface area contributed by atoms with E-state index in [1.165, 1.54) is 31.4 Å². The first kappa shape index (κ1) is 27.4. The number of carbonyl (C=O) groups excluding carboxylic acids is 1. The molecule has 39 heavy (non-hydrogen) atoms. The SMILES string of the molecule is COC[C@]1(O)CCCC[C@H]1n1cnc(C(=O)N2CCNC[C@H]2Cc2cc(F)cc(F)c2)c1-c1cccc(F)c1. The van der Waals surface area contributed by atoms with Crippen molar-refractivity contribution in [1.82, 2.24) is 19.8 Å². The molecule has 0 bridgehead atoms. The van der Waals surface area contributed by atoms with E-state index in [9.17, 15) is 23.1 Å². The van der Waals surface area contributed by atoms with Crippen LogP contribution in [-0.4, -0.2) is 70.5 Å². The average Bonchev–Trinajstić information content (AvgIpc) is 3.33. The van der Waals surface area contributed by atoms with E-state index in [4.69, 9.17) is 4.74 Å². The summed E-state index contributed by atoms with van der Waals surface area (Å²) in [5, 5.41) is 14.8. The summed E-state index contributed by atoms with van der Waals surface area (Å²) in [6, 6.07) is 8.54. The standard InChI is InChI=1S/C29H33F3N4O3/c1-39-17-29(38)8-3-2-7-25(29)36-18-34-26(27(36)20-5-4-6-21(30)14-20)28(37)35-10-9-33-16-24(35)13-19-11-22(31)15-23(32)12-19/h4-6,11-12,14-15,18,24-25,33,38H,2-3,7-10,13,16-17H2,1H3/t24-,25-,29-/m1/s1. The van der Waals surface area contributed by atoms with Crippen molar-refractivity contribution in [2.24, 2.45) is 0 Å². The molecule has 208 valence electrons.